The zero-order valence-electron chi connectivity index (χ0n) is 15.5. The lowest BCUT2D eigenvalue weighted by Gasteiger charge is -2.19. The number of nitrogens with zero attached hydrogens (tertiary/aromatic N) is 1. The SMILES string of the molecule is CC(C)(C)OC(=O)Nc1cc(Cl)cc(C(=O)NC2Cc3ccccc3C2)n1. The zero-order chi connectivity index (χ0) is 19.6. The van der Waals surface area contributed by atoms with Gasteiger partial charge in [-0.25, -0.2) is 9.78 Å². The van der Waals surface area contributed by atoms with E-state index in [0.717, 1.165) is 12.8 Å². The average molecular weight is 388 g/mol. The van der Waals surface area contributed by atoms with Crippen molar-refractivity contribution in [1.29, 1.82) is 0 Å². The summed E-state index contributed by atoms with van der Waals surface area (Å²) in [5.41, 5.74) is 1.99. The van der Waals surface area contributed by atoms with Gasteiger partial charge < -0.3 is 10.1 Å². The van der Waals surface area contributed by atoms with Crippen molar-refractivity contribution >= 4 is 29.4 Å². The molecule has 0 fully saturated rings. The van der Waals surface area contributed by atoms with Crippen LogP contribution in [0.25, 0.3) is 0 Å². The molecule has 1 aliphatic carbocycles. The van der Waals surface area contributed by atoms with Crippen molar-refractivity contribution in [2.45, 2.75) is 45.3 Å². The second-order valence-electron chi connectivity index (χ2n) is 7.53. The molecule has 0 saturated heterocycles. The fourth-order valence-electron chi connectivity index (χ4n) is 3.01. The van der Waals surface area contributed by atoms with Gasteiger partial charge in [0.25, 0.3) is 5.91 Å². The molecule has 0 bridgehead atoms. The van der Waals surface area contributed by atoms with E-state index < -0.39 is 11.7 Å². The smallest absolute Gasteiger partial charge is 0.413 e. The van der Waals surface area contributed by atoms with E-state index >= 15 is 0 Å². The van der Waals surface area contributed by atoms with Crippen LogP contribution in [0.1, 0.15) is 42.4 Å². The monoisotopic (exact) mass is 387 g/mol. The molecular weight excluding hydrogens is 366 g/mol. The summed E-state index contributed by atoms with van der Waals surface area (Å²) in [4.78, 5) is 28.7. The number of hydrogen-bond acceptors (Lipinski definition) is 4. The lowest BCUT2D eigenvalue weighted by molar-refractivity contribution is 0.0634. The van der Waals surface area contributed by atoms with Gasteiger partial charge in [-0.05, 0) is 56.9 Å². The van der Waals surface area contributed by atoms with Crippen LogP contribution in [0.15, 0.2) is 36.4 Å². The Morgan fingerprint density at radius 1 is 1.15 bits per heavy atom. The summed E-state index contributed by atoms with van der Waals surface area (Å²) in [6.07, 6.45) is 0.909. The van der Waals surface area contributed by atoms with Gasteiger partial charge in [0.2, 0.25) is 0 Å². The second kappa shape index (κ2) is 7.56. The first-order valence-corrected chi connectivity index (χ1v) is 9.12. The van der Waals surface area contributed by atoms with E-state index in [1.807, 2.05) is 12.1 Å². The molecule has 1 heterocycles. The van der Waals surface area contributed by atoms with Crippen LogP contribution in [-0.2, 0) is 17.6 Å². The Balaban J connectivity index is 1.67. The van der Waals surface area contributed by atoms with Crippen molar-refractivity contribution in [1.82, 2.24) is 10.3 Å². The number of amides is 2. The van der Waals surface area contributed by atoms with Crippen LogP contribution >= 0.6 is 11.6 Å². The molecule has 7 heteroatoms. The Morgan fingerprint density at radius 2 is 1.78 bits per heavy atom. The summed E-state index contributed by atoms with van der Waals surface area (Å²) in [6, 6.07) is 11.1. The van der Waals surface area contributed by atoms with Gasteiger partial charge in [-0.3, -0.25) is 10.1 Å². The van der Waals surface area contributed by atoms with Gasteiger partial charge in [0.15, 0.2) is 0 Å². The molecule has 1 aliphatic rings. The molecule has 6 nitrogen and oxygen atoms in total. The van der Waals surface area contributed by atoms with Crippen molar-refractivity contribution < 1.29 is 14.3 Å². The van der Waals surface area contributed by atoms with Crippen LogP contribution in [0.2, 0.25) is 5.02 Å². The van der Waals surface area contributed by atoms with E-state index in [1.165, 1.54) is 23.3 Å². The lowest BCUT2D eigenvalue weighted by atomic mass is 10.1. The number of pyridine rings is 1. The van der Waals surface area contributed by atoms with Crippen LogP contribution in [0.5, 0.6) is 0 Å². The minimum atomic E-state index is -0.658. The molecule has 3 rings (SSSR count). The molecule has 2 amide bonds. The van der Waals surface area contributed by atoms with E-state index in [1.54, 1.807) is 20.8 Å². The van der Waals surface area contributed by atoms with E-state index in [0.29, 0.717) is 5.02 Å². The Morgan fingerprint density at radius 3 is 2.37 bits per heavy atom. The van der Waals surface area contributed by atoms with Gasteiger partial charge in [-0.1, -0.05) is 35.9 Å². The number of ether oxygens (including phenoxy) is 1. The summed E-state index contributed by atoms with van der Waals surface area (Å²) in [5.74, 6) is -0.167. The molecule has 142 valence electrons. The highest BCUT2D eigenvalue weighted by molar-refractivity contribution is 6.31. The number of rotatable bonds is 3. The van der Waals surface area contributed by atoms with Gasteiger partial charge in [0.1, 0.15) is 17.1 Å². The quantitative estimate of drug-likeness (QED) is 0.834. The predicted molar refractivity (Wildman–Crippen MR) is 104 cm³/mol. The minimum Gasteiger partial charge on any atom is -0.444 e. The average Bonchev–Trinajstić information content (AvgIpc) is 2.94. The van der Waals surface area contributed by atoms with E-state index in [9.17, 15) is 9.59 Å². The third-order valence-corrected chi connectivity index (χ3v) is 4.26. The molecule has 1 aromatic heterocycles. The van der Waals surface area contributed by atoms with Gasteiger partial charge >= 0.3 is 6.09 Å². The third kappa shape index (κ3) is 5.20. The number of nitrogens with one attached hydrogen (secondary N) is 2. The first-order valence-electron chi connectivity index (χ1n) is 8.75. The van der Waals surface area contributed by atoms with Gasteiger partial charge in [-0.2, -0.15) is 0 Å². The Kier molecular flexibility index (Phi) is 5.37. The summed E-state index contributed by atoms with van der Waals surface area (Å²) < 4.78 is 5.19. The van der Waals surface area contributed by atoms with Gasteiger partial charge in [0, 0.05) is 11.1 Å². The summed E-state index contributed by atoms with van der Waals surface area (Å²) in [7, 11) is 0. The fourth-order valence-corrected chi connectivity index (χ4v) is 3.21. The highest BCUT2D eigenvalue weighted by Crippen LogP contribution is 2.22. The number of benzene rings is 1. The molecule has 0 saturated carbocycles. The van der Waals surface area contributed by atoms with Crippen molar-refractivity contribution in [2.75, 3.05) is 5.32 Å². The maximum Gasteiger partial charge on any atom is 0.413 e. The predicted octanol–water partition coefficient (Wildman–Crippen LogP) is 3.98. The molecule has 2 aromatic rings. The fraction of sp³-hybridized carbons (Fsp3) is 0.350. The normalized spacial score (nSPS) is 13.8. The van der Waals surface area contributed by atoms with Crippen molar-refractivity contribution in [3.63, 3.8) is 0 Å². The topological polar surface area (TPSA) is 80.3 Å². The third-order valence-electron chi connectivity index (χ3n) is 4.04. The number of fused-ring (bicyclic) bond motifs is 1. The Bertz CT molecular complexity index is 852. The number of anilines is 1. The molecule has 27 heavy (non-hydrogen) atoms. The molecule has 1 aromatic carbocycles. The molecule has 0 radical (unpaired) electrons. The Hall–Kier alpha value is -2.60. The number of halogens is 1. The van der Waals surface area contributed by atoms with Crippen LogP contribution in [0.4, 0.5) is 10.6 Å². The van der Waals surface area contributed by atoms with Crippen molar-refractivity contribution in [2.24, 2.45) is 0 Å². The van der Waals surface area contributed by atoms with E-state index in [2.05, 4.69) is 27.8 Å². The van der Waals surface area contributed by atoms with Gasteiger partial charge in [-0.15, -0.1) is 0 Å². The largest absolute Gasteiger partial charge is 0.444 e. The first-order chi connectivity index (χ1) is 12.7. The number of hydrogen-bond donors (Lipinski definition) is 2. The first kappa shape index (κ1) is 19.2. The van der Waals surface area contributed by atoms with Crippen molar-refractivity contribution in [3.05, 3.63) is 58.2 Å². The number of carbonyl (C=O) groups is 2. The molecule has 2 N–H and O–H groups in total. The number of carbonyl (C=O) groups excluding carboxylic acids is 2. The van der Waals surface area contributed by atoms with Crippen LogP contribution in [-0.4, -0.2) is 28.6 Å². The molecular formula is C20H22ClN3O3. The summed E-state index contributed by atoms with van der Waals surface area (Å²) >= 11 is 6.09. The lowest BCUT2D eigenvalue weighted by Crippen LogP contribution is -2.36. The molecule has 0 spiro atoms. The van der Waals surface area contributed by atoms with E-state index in [-0.39, 0.29) is 23.5 Å². The molecule has 0 unspecified atom stereocenters. The minimum absolute atomic E-state index is 0.0120. The van der Waals surface area contributed by atoms with E-state index in [4.69, 9.17) is 16.3 Å². The maximum atomic E-state index is 12.6. The van der Waals surface area contributed by atoms with Gasteiger partial charge in [0.05, 0.1) is 0 Å². The van der Waals surface area contributed by atoms with Crippen LogP contribution in [0, 0.1) is 0 Å². The highest BCUT2D eigenvalue weighted by Gasteiger charge is 2.24. The number of aromatic nitrogens is 1. The summed E-state index contributed by atoms with van der Waals surface area (Å²) in [6.45, 7) is 5.28. The highest BCUT2D eigenvalue weighted by atomic mass is 35.5. The molecule has 0 atom stereocenters. The second-order valence-corrected chi connectivity index (χ2v) is 7.97. The maximum absolute atomic E-state index is 12.6. The zero-order valence-corrected chi connectivity index (χ0v) is 16.3. The van der Waals surface area contributed by atoms with Crippen LogP contribution in [0.3, 0.4) is 0 Å². The Labute approximate surface area is 163 Å². The molecule has 0 aliphatic heterocycles. The standard InChI is InChI=1S/C20H22ClN3O3/c1-20(2,3)27-19(26)24-17-11-14(21)10-16(23-17)18(25)22-15-8-12-6-4-5-7-13(12)9-15/h4-7,10-11,15H,8-9H2,1-3H3,(H,22,25)(H,23,24,26). The van der Waals surface area contributed by atoms with Crippen LogP contribution < -0.4 is 10.6 Å². The summed E-state index contributed by atoms with van der Waals surface area (Å²) in [5, 5.41) is 5.79. The van der Waals surface area contributed by atoms with Crippen molar-refractivity contribution in [3.8, 4) is 0 Å².